The van der Waals surface area contributed by atoms with Gasteiger partial charge in [0.05, 0.1) is 11.9 Å². The number of hydrogen-bond acceptors (Lipinski definition) is 3. The van der Waals surface area contributed by atoms with Gasteiger partial charge in [0.2, 0.25) is 0 Å². The van der Waals surface area contributed by atoms with Gasteiger partial charge in [-0.25, -0.2) is 8.78 Å². The number of hydrogen-bond donors (Lipinski definition) is 1. The molecule has 0 amide bonds. The molecule has 22 heavy (non-hydrogen) atoms. The average Bonchev–Trinajstić information content (AvgIpc) is 3.00. The first-order chi connectivity index (χ1) is 9.97. The summed E-state index contributed by atoms with van der Waals surface area (Å²) in [6, 6.07) is 2.31. The lowest BCUT2D eigenvalue weighted by Gasteiger charge is -2.06. The van der Waals surface area contributed by atoms with Gasteiger partial charge in [-0.3, -0.25) is 9.36 Å². The minimum atomic E-state index is -2.38. The van der Waals surface area contributed by atoms with Crippen molar-refractivity contribution in [2.24, 2.45) is 0 Å². The molecule has 2 heterocycles. The molecule has 0 aliphatic carbocycles. The van der Waals surface area contributed by atoms with Gasteiger partial charge in [0.15, 0.2) is 0 Å². The van der Waals surface area contributed by atoms with Crippen LogP contribution in [0.25, 0.3) is 0 Å². The van der Waals surface area contributed by atoms with Crippen LogP contribution in [0.3, 0.4) is 0 Å². The van der Waals surface area contributed by atoms with Gasteiger partial charge in [0.25, 0.3) is 6.43 Å². The molecule has 0 saturated carbocycles. The molecular weight excluding hydrogens is 312 g/mol. The van der Waals surface area contributed by atoms with Crippen LogP contribution in [0, 0.1) is 6.92 Å². The van der Waals surface area contributed by atoms with Crippen LogP contribution in [0.2, 0.25) is 0 Å². The zero-order chi connectivity index (χ0) is 15.4. The number of rotatable bonds is 7. The van der Waals surface area contributed by atoms with Gasteiger partial charge in [0.1, 0.15) is 6.54 Å². The highest BCUT2D eigenvalue weighted by Gasteiger charge is 2.10. The molecule has 5 nitrogen and oxygen atoms in total. The molecule has 0 radical (unpaired) electrons. The monoisotopic (exact) mass is 333 g/mol. The third kappa shape index (κ3) is 4.78. The van der Waals surface area contributed by atoms with Crippen molar-refractivity contribution in [3.05, 3.63) is 35.4 Å². The lowest BCUT2D eigenvalue weighted by Crippen LogP contribution is -2.15. The van der Waals surface area contributed by atoms with Crippen LogP contribution in [-0.2, 0) is 19.6 Å². The van der Waals surface area contributed by atoms with E-state index in [-0.39, 0.29) is 19.0 Å². The number of nitrogens with zero attached hydrogens (tertiary/aromatic N) is 4. The molecule has 0 saturated heterocycles. The van der Waals surface area contributed by atoms with Crippen molar-refractivity contribution in [3.63, 3.8) is 0 Å². The highest BCUT2D eigenvalue weighted by atomic mass is 35.5. The highest BCUT2D eigenvalue weighted by Crippen LogP contribution is 2.10. The molecule has 124 valence electrons. The second kappa shape index (κ2) is 8.24. The predicted octanol–water partition coefficient (Wildman–Crippen LogP) is 2.95. The van der Waals surface area contributed by atoms with E-state index in [0.29, 0.717) is 19.1 Å². The Labute approximate surface area is 135 Å². The lowest BCUT2D eigenvalue weighted by molar-refractivity contribution is 0.121. The molecule has 0 atom stereocenters. The van der Waals surface area contributed by atoms with Crippen molar-refractivity contribution < 1.29 is 8.78 Å². The smallest absolute Gasteiger partial charge is 0.257 e. The molecule has 2 rings (SSSR count). The number of alkyl halides is 2. The first-order valence-corrected chi connectivity index (χ1v) is 7.01. The quantitative estimate of drug-likeness (QED) is 0.847. The predicted molar refractivity (Wildman–Crippen MR) is 83.4 cm³/mol. The molecule has 2 aromatic heterocycles. The number of halogens is 3. The number of aromatic nitrogens is 4. The Morgan fingerprint density at radius 3 is 2.59 bits per heavy atom. The third-order valence-corrected chi connectivity index (χ3v) is 3.33. The second-order valence-corrected chi connectivity index (χ2v) is 5.31. The molecule has 0 unspecified atom stereocenters. The van der Waals surface area contributed by atoms with Crippen molar-refractivity contribution in [3.8, 4) is 0 Å². The summed E-state index contributed by atoms with van der Waals surface area (Å²) >= 11 is 0. The largest absolute Gasteiger partial charge is 0.307 e. The van der Waals surface area contributed by atoms with E-state index in [1.165, 1.54) is 4.68 Å². The lowest BCUT2D eigenvalue weighted by atomic mass is 10.2. The van der Waals surface area contributed by atoms with Crippen LogP contribution >= 0.6 is 12.4 Å². The maximum absolute atomic E-state index is 12.4. The van der Waals surface area contributed by atoms with E-state index >= 15 is 0 Å². The fourth-order valence-corrected chi connectivity index (χ4v) is 2.06. The Kier molecular flexibility index (Phi) is 6.96. The van der Waals surface area contributed by atoms with Crippen LogP contribution in [0.15, 0.2) is 18.5 Å². The van der Waals surface area contributed by atoms with E-state index in [0.717, 1.165) is 17.0 Å². The Balaban J connectivity index is 0.00000242. The van der Waals surface area contributed by atoms with Crippen LogP contribution in [0.5, 0.6) is 0 Å². The van der Waals surface area contributed by atoms with Gasteiger partial charge in [-0.15, -0.1) is 12.4 Å². The summed E-state index contributed by atoms with van der Waals surface area (Å²) in [6.45, 7) is 6.82. The third-order valence-electron chi connectivity index (χ3n) is 3.33. The summed E-state index contributed by atoms with van der Waals surface area (Å²) < 4.78 is 28.0. The van der Waals surface area contributed by atoms with Gasteiger partial charge in [-0.05, 0) is 26.8 Å². The van der Waals surface area contributed by atoms with E-state index in [1.54, 1.807) is 13.1 Å². The van der Waals surface area contributed by atoms with E-state index < -0.39 is 6.43 Å². The Morgan fingerprint density at radius 1 is 1.27 bits per heavy atom. The van der Waals surface area contributed by atoms with Crippen LogP contribution in [0.4, 0.5) is 8.78 Å². The molecule has 0 fully saturated rings. The van der Waals surface area contributed by atoms with Gasteiger partial charge in [-0.2, -0.15) is 10.2 Å². The Bertz CT molecular complexity index is 580. The van der Waals surface area contributed by atoms with Gasteiger partial charge in [0, 0.05) is 36.6 Å². The Morgan fingerprint density at radius 2 is 2.00 bits per heavy atom. The van der Waals surface area contributed by atoms with E-state index in [2.05, 4.69) is 29.4 Å². The fourth-order valence-electron chi connectivity index (χ4n) is 2.06. The van der Waals surface area contributed by atoms with Crippen molar-refractivity contribution in [1.29, 1.82) is 0 Å². The summed E-state index contributed by atoms with van der Waals surface area (Å²) in [7, 11) is 0. The maximum Gasteiger partial charge on any atom is 0.257 e. The highest BCUT2D eigenvalue weighted by molar-refractivity contribution is 5.85. The second-order valence-electron chi connectivity index (χ2n) is 5.31. The average molecular weight is 334 g/mol. The van der Waals surface area contributed by atoms with Crippen molar-refractivity contribution >= 4 is 12.4 Å². The van der Waals surface area contributed by atoms with Gasteiger partial charge < -0.3 is 5.32 Å². The summed E-state index contributed by atoms with van der Waals surface area (Å²) in [5.74, 6) is 0. The van der Waals surface area contributed by atoms with Gasteiger partial charge in [-0.1, -0.05) is 0 Å². The summed E-state index contributed by atoms with van der Waals surface area (Å²) in [5, 5.41) is 11.7. The van der Waals surface area contributed by atoms with Crippen LogP contribution in [0.1, 0.15) is 36.8 Å². The molecule has 0 aliphatic heterocycles. The summed E-state index contributed by atoms with van der Waals surface area (Å²) in [6.07, 6.45) is 1.20. The molecule has 1 N–H and O–H groups in total. The van der Waals surface area contributed by atoms with Crippen LogP contribution in [-0.4, -0.2) is 26.0 Å². The molecule has 0 aliphatic rings. The zero-order valence-electron chi connectivity index (χ0n) is 13.0. The normalized spacial score (nSPS) is 11.2. The van der Waals surface area contributed by atoms with E-state index in [9.17, 15) is 8.78 Å². The van der Waals surface area contributed by atoms with Crippen molar-refractivity contribution in [1.82, 2.24) is 24.9 Å². The maximum atomic E-state index is 12.4. The van der Waals surface area contributed by atoms with Crippen LogP contribution < -0.4 is 5.32 Å². The molecule has 2 aromatic rings. The summed E-state index contributed by atoms with van der Waals surface area (Å²) in [5.41, 5.74) is 2.66. The molecule has 0 spiro atoms. The van der Waals surface area contributed by atoms with Crippen molar-refractivity contribution in [2.45, 2.75) is 52.9 Å². The molecule has 8 heteroatoms. The minimum absolute atomic E-state index is 0. The Hall–Kier alpha value is -1.47. The fraction of sp³-hybridized carbons (Fsp3) is 0.571. The van der Waals surface area contributed by atoms with E-state index in [4.69, 9.17) is 0 Å². The molecule has 0 bridgehead atoms. The molecular formula is C14H22ClF2N5. The molecule has 0 aromatic carbocycles. The zero-order valence-corrected chi connectivity index (χ0v) is 13.8. The number of nitrogens with one attached hydrogen (secondary N) is 1. The first-order valence-electron chi connectivity index (χ1n) is 7.01. The van der Waals surface area contributed by atoms with Gasteiger partial charge >= 0.3 is 0 Å². The topological polar surface area (TPSA) is 47.7 Å². The minimum Gasteiger partial charge on any atom is -0.307 e. The van der Waals surface area contributed by atoms with Crippen molar-refractivity contribution in [2.75, 3.05) is 0 Å². The van der Waals surface area contributed by atoms with E-state index in [1.807, 2.05) is 16.9 Å². The standard InChI is InChI=1S/C14H21F2N5.ClH/c1-10(2)20-5-4-13(19-20)8-17-6-12-7-18-21(11(12)3)9-14(15)16;/h4-5,7,10,14,17H,6,8-9H2,1-3H3;1H. The first kappa shape index (κ1) is 18.6. The summed E-state index contributed by atoms with van der Waals surface area (Å²) in [4.78, 5) is 0. The SMILES string of the molecule is Cc1c(CNCc2ccn(C(C)C)n2)cnn1CC(F)F.Cl.